The summed E-state index contributed by atoms with van der Waals surface area (Å²) in [5.41, 5.74) is 2.58. The van der Waals surface area contributed by atoms with Crippen molar-refractivity contribution in [3.63, 3.8) is 0 Å². The zero-order valence-electron chi connectivity index (χ0n) is 14.0. The monoisotopic (exact) mass is 364 g/mol. The van der Waals surface area contributed by atoms with Gasteiger partial charge in [0.1, 0.15) is 5.82 Å². The standard InChI is InChI=1S/C19H16N4O2S/c1-26(24,25)15-8-6-14(7-9-15)21-19-12-18(23-11-10-20-13-23)16-4-2-3-5-17(16)22-19/h2-13H,1H3,(H,21,22). The molecule has 7 heteroatoms. The molecule has 4 rings (SSSR count). The number of hydrogen-bond donors (Lipinski definition) is 1. The van der Waals surface area contributed by atoms with Gasteiger partial charge in [0.05, 0.1) is 22.4 Å². The Morgan fingerprint density at radius 3 is 2.50 bits per heavy atom. The minimum Gasteiger partial charge on any atom is -0.340 e. The zero-order chi connectivity index (χ0) is 18.1. The fourth-order valence-electron chi connectivity index (χ4n) is 2.77. The Morgan fingerprint density at radius 2 is 1.81 bits per heavy atom. The highest BCUT2D eigenvalue weighted by Gasteiger charge is 2.09. The Kier molecular flexibility index (Phi) is 3.93. The van der Waals surface area contributed by atoms with Gasteiger partial charge >= 0.3 is 0 Å². The highest BCUT2D eigenvalue weighted by Crippen LogP contribution is 2.26. The largest absolute Gasteiger partial charge is 0.340 e. The molecular weight excluding hydrogens is 348 g/mol. The number of rotatable bonds is 4. The summed E-state index contributed by atoms with van der Waals surface area (Å²) in [6.45, 7) is 0. The Labute approximate surface area is 151 Å². The summed E-state index contributed by atoms with van der Waals surface area (Å²) in [5, 5.41) is 4.25. The molecule has 130 valence electrons. The van der Waals surface area contributed by atoms with Crippen LogP contribution in [-0.2, 0) is 9.84 Å². The highest BCUT2D eigenvalue weighted by atomic mass is 32.2. The normalized spacial score (nSPS) is 11.6. The van der Waals surface area contributed by atoms with Crippen LogP contribution in [0.15, 0.2) is 78.2 Å². The van der Waals surface area contributed by atoms with Crippen molar-refractivity contribution >= 4 is 32.2 Å². The number of pyridine rings is 1. The highest BCUT2D eigenvalue weighted by molar-refractivity contribution is 7.90. The average Bonchev–Trinajstić information content (AvgIpc) is 3.15. The number of hydrogen-bond acceptors (Lipinski definition) is 5. The summed E-state index contributed by atoms with van der Waals surface area (Å²) in [4.78, 5) is 9.05. The lowest BCUT2D eigenvalue weighted by Gasteiger charge is -2.12. The number of sulfone groups is 1. The molecule has 0 aliphatic heterocycles. The van der Waals surface area contributed by atoms with Crippen LogP contribution in [0.4, 0.5) is 11.5 Å². The number of fused-ring (bicyclic) bond motifs is 1. The maximum absolute atomic E-state index is 11.6. The molecule has 26 heavy (non-hydrogen) atoms. The van der Waals surface area contributed by atoms with Gasteiger partial charge in [-0.15, -0.1) is 0 Å². The Bertz CT molecular complexity index is 1170. The molecule has 0 aliphatic carbocycles. The van der Waals surface area contributed by atoms with Crippen LogP contribution in [0.1, 0.15) is 0 Å². The first kappa shape index (κ1) is 16.3. The number of benzene rings is 2. The molecule has 0 aliphatic rings. The van der Waals surface area contributed by atoms with Crippen LogP contribution < -0.4 is 5.32 Å². The molecule has 0 fully saturated rings. The predicted octanol–water partition coefficient (Wildman–Crippen LogP) is 3.57. The van der Waals surface area contributed by atoms with E-state index in [1.165, 1.54) is 6.26 Å². The van der Waals surface area contributed by atoms with Crippen LogP contribution in [-0.4, -0.2) is 29.2 Å². The molecule has 0 saturated carbocycles. The van der Waals surface area contributed by atoms with E-state index in [-0.39, 0.29) is 4.90 Å². The van der Waals surface area contributed by atoms with Crippen molar-refractivity contribution in [2.24, 2.45) is 0 Å². The van der Waals surface area contributed by atoms with E-state index in [9.17, 15) is 8.42 Å². The molecule has 2 aromatic carbocycles. The summed E-state index contributed by atoms with van der Waals surface area (Å²) in [6, 6.07) is 16.4. The van der Waals surface area contributed by atoms with Gasteiger partial charge in [-0.25, -0.2) is 18.4 Å². The van der Waals surface area contributed by atoms with Gasteiger partial charge in [0.25, 0.3) is 0 Å². The molecule has 0 unspecified atom stereocenters. The van der Waals surface area contributed by atoms with Crippen LogP contribution >= 0.6 is 0 Å². The van der Waals surface area contributed by atoms with Gasteiger partial charge in [0, 0.05) is 35.8 Å². The molecule has 2 heterocycles. The van der Waals surface area contributed by atoms with Crippen LogP contribution in [0.5, 0.6) is 0 Å². The quantitative estimate of drug-likeness (QED) is 0.599. The lowest BCUT2D eigenvalue weighted by molar-refractivity contribution is 0.602. The number of nitrogens with one attached hydrogen (secondary N) is 1. The summed E-state index contributed by atoms with van der Waals surface area (Å²) in [6.07, 6.45) is 6.54. The van der Waals surface area contributed by atoms with E-state index in [1.54, 1.807) is 36.8 Å². The van der Waals surface area contributed by atoms with E-state index in [4.69, 9.17) is 0 Å². The van der Waals surface area contributed by atoms with Gasteiger partial charge in [0.2, 0.25) is 0 Å². The summed E-state index contributed by atoms with van der Waals surface area (Å²) >= 11 is 0. The lowest BCUT2D eigenvalue weighted by Crippen LogP contribution is -2.00. The number of anilines is 2. The summed E-state index contributed by atoms with van der Waals surface area (Å²) in [5.74, 6) is 0.666. The maximum atomic E-state index is 11.6. The predicted molar refractivity (Wildman–Crippen MR) is 102 cm³/mol. The third-order valence-corrected chi connectivity index (χ3v) is 5.16. The van der Waals surface area contributed by atoms with Gasteiger partial charge in [-0.2, -0.15) is 0 Å². The molecule has 0 spiro atoms. The van der Waals surface area contributed by atoms with Crippen LogP contribution in [0.25, 0.3) is 16.6 Å². The van der Waals surface area contributed by atoms with Crippen molar-refractivity contribution in [3.8, 4) is 5.69 Å². The second-order valence-corrected chi connectivity index (χ2v) is 7.95. The van der Waals surface area contributed by atoms with Crippen molar-refractivity contribution < 1.29 is 8.42 Å². The Hall–Kier alpha value is -3.19. The van der Waals surface area contributed by atoms with Gasteiger partial charge in [-0.1, -0.05) is 18.2 Å². The van der Waals surface area contributed by atoms with E-state index in [0.717, 1.165) is 22.3 Å². The van der Waals surface area contributed by atoms with E-state index in [2.05, 4.69) is 15.3 Å². The van der Waals surface area contributed by atoms with Gasteiger partial charge in [-0.05, 0) is 30.3 Å². The van der Waals surface area contributed by atoms with E-state index < -0.39 is 9.84 Å². The van der Waals surface area contributed by atoms with E-state index in [1.807, 2.05) is 41.1 Å². The van der Waals surface area contributed by atoms with Crippen molar-refractivity contribution in [1.29, 1.82) is 0 Å². The second-order valence-electron chi connectivity index (χ2n) is 5.94. The molecular formula is C19H16N4O2S. The van der Waals surface area contributed by atoms with Crippen molar-refractivity contribution in [2.75, 3.05) is 11.6 Å². The molecule has 2 aromatic heterocycles. The Morgan fingerprint density at radius 1 is 1.04 bits per heavy atom. The van der Waals surface area contributed by atoms with Crippen molar-refractivity contribution in [1.82, 2.24) is 14.5 Å². The van der Waals surface area contributed by atoms with E-state index in [0.29, 0.717) is 5.82 Å². The number of imidazole rings is 1. The molecule has 0 radical (unpaired) electrons. The van der Waals surface area contributed by atoms with Gasteiger partial charge in [-0.3, -0.25) is 0 Å². The number of aromatic nitrogens is 3. The minimum absolute atomic E-state index is 0.286. The smallest absolute Gasteiger partial charge is 0.175 e. The average molecular weight is 364 g/mol. The molecule has 0 bridgehead atoms. The van der Waals surface area contributed by atoms with Gasteiger partial charge < -0.3 is 9.88 Å². The molecule has 0 amide bonds. The van der Waals surface area contributed by atoms with Crippen molar-refractivity contribution in [3.05, 3.63) is 73.3 Å². The molecule has 0 atom stereocenters. The lowest BCUT2D eigenvalue weighted by atomic mass is 10.2. The van der Waals surface area contributed by atoms with E-state index >= 15 is 0 Å². The molecule has 4 aromatic rings. The second kappa shape index (κ2) is 6.27. The number of nitrogens with zero attached hydrogens (tertiary/aromatic N) is 3. The zero-order valence-corrected chi connectivity index (χ0v) is 14.8. The van der Waals surface area contributed by atoms with Gasteiger partial charge in [0.15, 0.2) is 9.84 Å². The first-order valence-electron chi connectivity index (χ1n) is 7.96. The summed E-state index contributed by atoms with van der Waals surface area (Å²) < 4.78 is 25.1. The fourth-order valence-corrected chi connectivity index (χ4v) is 3.40. The maximum Gasteiger partial charge on any atom is 0.175 e. The fraction of sp³-hybridized carbons (Fsp3) is 0.0526. The van der Waals surface area contributed by atoms with Crippen LogP contribution in [0, 0.1) is 0 Å². The molecule has 0 saturated heterocycles. The van der Waals surface area contributed by atoms with Crippen molar-refractivity contribution in [2.45, 2.75) is 4.90 Å². The minimum atomic E-state index is -3.21. The topological polar surface area (TPSA) is 76.9 Å². The number of para-hydroxylation sites is 1. The third kappa shape index (κ3) is 3.16. The summed E-state index contributed by atoms with van der Waals surface area (Å²) in [7, 11) is -3.21. The van der Waals surface area contributed by atoms with Crippen LogP contribution in [0.2, 0.25) is 0 Å². The SMILES string of the molecule is CS(=O)(=O)c1ccc(Nc2cc(-n3ccnc3)c3ccccc3n2)cc1. The third-order valence-electron chi connectivity index (χ3n) is 4.03. The first-order chi connectivity index (χ1) is 12.5. The Balaban J connectivity index is 1.75. The molecule has 1 N–H and O–H groups in total. The first-order valence-corrected chi connectivity index (χ1v) is 9.85. The van der Waals surface area contributed by atoms with Crippen LogP contribution in [0.3, 0.4) is 0 Å². The molecule has 6 nitrogen and oxygen atoms in total.